The highest BCUT2D eigenvalue weighted by molar-refractivity contribution is 6.79. The molecule has 0 fully saturated rings. The first kappa shape index (κ1) is 14.6. The van der Waals surface area contributed by atoms with Gasteiger partial charge in [-0.05, 0) is 38.7 Å². The Morgan fingerprint density at radius 2 is 1.78 bits per heavy atom. The Morgan fingerprint density at radius 1 is 1.22 bits per heavy atom. The number of hydrogen-bond donors (Lipinski definition) is 0. The smallest absolute Gasteiger partial charge is 0.178 e. The predicted molar refractivity (Wildman–Crippen MR) is 80.7 cm³/mol. The third kappa shape index (κ3) is 3.80. The Balaban J connectivity index is 3.13. The van der Waals surface area contributed by atoms with Crippen LogP contribution in [0.1, 0.15) is 20.3 Å². The maximum Gasteiger partial charge on any atom is 0.178 e. The summed E-state index contributed by atoms with van der Waals surface area (Å²) in [6, 6.07) is 10.0. The highest BCUT2D eigenvalue weighted by Crippen LogP contribution is 2.21. The molecule has 0 N–H and O–H groups in total. The van der Waals surface area contributed by atoms with Crippen molar-refractivity contribution in [2.24, 2.45) is 5.10 Å². The van der Waals surface area contributed by atoms with Crippen LogP contribution in [0.5, 0.6) is 0 Å². The van der Waals surface area contributed by atoms with E-state index in [4.69, 9.17) is 0 Å². The SMILES string of the molecule is CCC(=O)/C(C)=N/N(c1ccccc1)[Si](C)(C)C. The van der Waals surface area contributed by atoms with E-state index in [9.17, 15) is 4.79 Å². The molecule has 0 bridgehead atoms. The van der Waals surface area contributed by atoms with Gasteiger partial charge in [0.05, 0.1) is 5.71 Å². The molecular weight excluding hydrogens is 240 g/mol. The lowest BCUT2D eigenvalue weighted by Gasteiger charge is -2.32. The summed E-state index contributed by atoms with van der Waals surface area (Å²) in [5, 5.41) is 4.55. The molecule has 1 aromatic rings. The summed E-state index contributed by atoms with van der Waals surface area (Å²) in [5.74, 6) is 0.106. The number of carbonyl (C=O) groups is 1. The molecule has 1 rings (SSSR count). The van der Waals surface area contributed by atoms with Crippen LogP contribution in [-0.4, -0.2) is 19.7 Å². The number of ketones is 1. The topological polar surface area (TPSA) is 32.7 Å². The number of para-hydroxylation sites is 1. The lowest BCUT2D eigenvalue weighted by molar-refractivity contribution is -0.112. The third-order valence-electron chi connectivity index (χ3n) is 2.61. The Labute approximate surface area is 111 Å². The lowest BCUT2D eigenvalue weighted by atomic mass is 10.2. The normalized spacial score (nSPS) is 12.4. The molecule has 0 aliphatic rings. The van der Waals surface area contributed by atoms with Crippen molar-refractivity contribution < 1.29 is 4.79 Å². The van der Waals surface area contributed by atoms with E-state index in [0.29, 0.717) is 12.1 Å². The van der Waals surface area contributed by atoms with Crippen molar-refractivity contribution in [2.75, 3.05) is 4.67 Å². The molecule has 1 aromatic carbocycles. The molecule has 0 saturated carbocycles. The molecule has 0 unspecified atom stereocenters. The first-order chi connectivity index (χ1) is 8.36. The minimum atomic E-state index is -1.66. The van der Waals surface area contributed by atoms with Crippen LogP contribution in [0.15, 0.2) is 35.4 Å². The average Bonchev–Trinajstić information content (AvgIpc) is 2.34. The second-order valence-corrected chi connectivity index (χ2v) is 10.0. The van der Waals surface area contributed by atoms with Crippen molar-refractivity contribution in [3.8, 4) is 0 Å². The second-order valence-electron chi connectivity index (χ2n) is 5.28. The van der Waals surface area contributed by atoms with Crippen molar-refractivity contribution >= 4 is 25.4 Å². The summed E-state index contributed by atoms with van der Waals surface area (Å²) in [6.45, 7) is 10.3. The minimum absolute atomic E-state index is 0.106. The fourth-order valence-corrected chi connectivity index (χ4v) is 3.00. The molecule has 0 atom stereocenters. The van der Waals surface area contributed by atoms with Gasteiger partial charge >= 0.3 is 0 Å². The Morgan fingerprint density at radius 3 is 2.22 bits per heavy atom. The number of carbonyl (C=O) groups excluding carboxylic acids is 1. The van der Waals surface area contributed by atoms with Crippen LogP contribution < -0.4 is 4.67 Å². The van der Waals surface area contributed by atoms with Crippen LogP contribution in [0.4, 0.5) is 5.69 Å². The molecule has 0 heterocycles. The zero-order valence-corrected chi connectivity index (χ0v) is 12.9. The number of rotatable bonds is 5. The largest absolute Gasteiger partial charge is 0.295 e. The highest BCUT2D eigenvalue weighted by atomic mass is 28.3. The zero-order valence-electron chi connectivity index (χ0n) is 11.9. The molecule has 0 aliphatic carbocycles. The number of nitrogens with zero attached hydrogens (tertiary/aromatic N) is 2. The fourth-order valence-electron chi connectivity index (χ4n) is 1.63. The van der Waals surface area contributed by atoms with Gasteiger partial charge in [-0.1, -0.05) is 25.1 Å². The van der Waals surface area contributed by atoms with Gasteiger partial charge in [0.1, 0.15) is 0 Å². The highest BCUT2D eigenvalue weighted by Gasteiger charge is 2.25. The van der Waals surface area contributed by atoms with Crippen LogP contribution in [0.2, 0.25) is 19.6 Å². The number of hydrogen-bond acceptors (Lipinski definition) is 3. The molecule has 0 aliphatic heterocycles. The third-order valence-corrected chi connectivity index (χ3v) is 4.24. The summed E-state index contributed by atoms with van der Waals surface area (Å²) in [4.78, 5) is 11.7. The van der Waals surface area contributed by atoms with E-state index in [2.05, 4.69) is 24.7 Å². The van der Waals surface area contributed by atoms with Gasteiger partial charge in [-0.25, -0.2) is 0 Å². The first-order valence-corrected chi connectivity index (χ1v) is 9.74. The molecule has 4 heteroatoms. The molecule has 3 nitrogen and oxygen atoms in total. The van der Waals surface area contributed by atoms with Crippen LogP contribution in [0, 0.1) is 0 Å². The molecule has 0 aromatic heterocycles. The average molecular weight is 262 g/mol. The van der Waals surface area contributed by atoms with Crippen LogP contribution in [-0.2, 0) is 4.79 Å². The Hall–Kier alpha value is -1.42. The number of hydrazone groups is 1. The Kier molecular flexibility index (Phi) is 4.84. The van der Waals surface area contributed by atoms with Gasteiger partial charge in [0.15, 0.2) is 14.0 Å². The summed E-state index contributed by atoms with van der Waals surface area (Å²) in [6.07, 6.45) is 0.504. The van der Waals surface area contributed by atoms with E-state index in [-0.39, 0.29) is 5.78 Å². The molecule has 0 radical (unpaired) electrons. The number of benzene rings is 1. The van der Waals surface area contributed by atoms with E-state index >= 15 is 0 Å². The van der Waals surface area contributed by atoms with Gasteiger partial charge in [-0.15, -0.1) is 0 Å². The van der Waals surface area contributed by atoms with Crippen LogP contribution in [0.3, 0.4) is 0 Å². The van der Waals surface area contributed by atoms with Gasteiger partial charge in [0, 0.05) is 12.1 Å². The van der Waals surface area contributed by atoms with Gasteiger partial charge in [-0.3, -0.25) is 9.47 Å². The quantitative estimate of drug-likeness (QED) is 0.460. The summed E-state index contributed by atoms with van der Waals surface area (Å²) in [5.41, 5.74) is 1.64. The van der Waals surface area contributed by atoms with Crippen molar-refractivity contribution in [2.45, 2.75) is 39.9 Å². The fraction of sp³-hybridized carbons (Fsp3) is 0.429. The van der Waals surface area contributed by atoms with Crippen molar-refractivity contribution in [1.82, 2.24) is 0 Å². The molecule has 18 heavy (non-hydrogen) atoms. The maximum atomic E-state index is 11.7. The van der Waals surface area contributed by atoms with Crippen molar-refractivity contribution in [3.63, 3.8) is 0 Å². The van der Waals surface area contributed by atoms with E-state index < -0.39 is 8.24 Å². The van der Waals surface area contributed by atoms with Crippen LogP contribution in [0.25, 0.3) is 0 Å². The molecule has 0 saturated heterocycles. The summed E-state index contributed by atoms with van der Waals surface area (Å²) >= 11 is 0. The summed E-state index contributed by atoms with van der Waals surface area (Å²) in [7, 11) is -1.66. The van der Waals surface area contributed by atoms with Gasteiger partial charge in [-0.2, -0.15) is 5.10 Å². The number of Topliss-reactive ketones (excluding diaryl/α,β-unsaturated/α-hetero) is 1. The molecule has 98 valence electrons. The lowest BCUT2D eigenvalue weighted by Crippen LogP contribution is -2.43. The molecule has 0 spiro atoms. The first-order valence-electron chi connectivity index (χ1n) is 6.30. The number of anilines is 1. The van der Waals surface area contributed by atoms with E-state index in [1.54, 1.807) is 6.92 Å². The standard InChI is InChI=1S/C14H22N2OSi/c1-6-14(17)12(2)15-16(18(3,4)5)13-10-8-7-9-11-13/h7-11H,6H2,1-5H3/b15-12+. The van der Waals surface area contributed by atoms with Gasteiger partial charge in [0.25, 0.3) is 0 Å². The van der Waals surface area contributed by atoms with Crippen LogP contribution >= 0.6 is 0 Å². The Bertz CT molecular complexity index is 435. The molecule has 0 amide bonds. The maximum absolute atomic E-state index is 11.7. The van der Waals surface area contributed by atoms with E-state index in [0.717, 1.165) is 5.69 Å². The minimum Gasteiger partial charge on any atom is -0.295 e. The summed E-state index contributed by atoms with van der Waals surface area (Å²) < 4.78 is 2.04. The van der Waals surface area contributed by atoms with Gasteiger partial charge < -0.3 is 0 Å². The van der Waals surface area contributed by atoms with E-state index in [1.165, 1.54) is 0 Å². The predicted octanol–water partition coefficient (Wildman–Crippen LogP) is 3.68. The van der Waals surface area contributed by atoms with Gasteiger partial charge in [0.2, 0.25) is 0 Å². The van der Waals surface area contributed by atoms with E-state index in [1.807, 2.05) is 41.9 Å². The van der Waals surface area contributed by atoms with Crippen molar-refractivity contribution in [3.05, 3.63) is 30.3 Å². The molecular formula is C14H22N2OSi. The second kappa shape index (κ2) is 5.95. The zero-order chi connectivity index (χ0) is 13.8. The van der Waals surface area contributed by atoms with Crippen molar-refractivity contribution in [1.29, 1.82) is 0 Å². The monoisotopic (exact) mass is 262 g/mol.